The van der Waals surface area contributed by atoms with Gasteiger partial charge in [-0.2, -0.15) is 0 Å². The first-order valence-electron chi connectivity index (χ1n) is 9.64. The molecular formula is C21H30N4O2. The van der Waals surface area contributed by atoms with Crippen LogP contribution in [0.1, 0.15) is 31.2 Å². The average Bonchev–Trinajstić information content (AvgIpc) is 2.68. The van der Waals surface area contributed by atoms with E-state index in [9.17, 15) is 0 Å². The Labute approximate surface area is 161 Å². The average molecular weight is 370 g/mol. The van der Waals surface area contributed by atoms with Crippen LogP contribution in [0.15, 0.2) is 24.3 Å². The third kappa shape index (κ3) is 5.02. The molecule has 0 radical (unpaired) electrons. The fourth-order valence-electron chi connectivity index (χ4n) is 3.41. The van der Waals surface area contributed by atoms with Crippen LogP contribution in [-0.4, -0.2) is 43.8 Å². The second-order valence-corrected chi connectivity index (χ2v) is 7.19. The van der Waals surface area contributed by atoms with Crippen molar-refractivity contribution >= 4 is 11.6 Å². The summed E-state index contributed by atoms with van der Waals surface area (Å²) in [5.41, 5.74) is 1.19. The van der Waals surface area contributed by atoms with Gasteiger partial charge in [0.1, 0.15) is 17.5 Å². The number of hydrogen-bond acceptors (Lipinski definition) is 6. The largest absolute Gasteiger partial charge is 0.493 e. The van der Waals surface area contributed by atoms with Gasteiger partial charge in [-0.05, 0) is 49.8 Å². The molecule has 0 saturated carbocycles. The predicted molar refractivity (Wildman–Crippen MR) is 109 cm³/mol. The SMILES string of the molecule is COc1ccc(CCNc2cc(N3CCC(C)CC3)nc(C)n2)cc1OC. The van der Waals surface area contributed by atoms with E-state index in [-0.39, 0.29) is 0 Å². The highest BCUT2D eigenvalue weighted by Gasteiger charge is 2.18. The van der Waals surface area contributed by atoms with Gasteiger partial charge >= 0.3 is 0 Å². The van der Waals surface area contributed by atoms with Gasteiger partial charge in [0, 0.05) is 25.7 Å². The molecule has 0 spiro atoms. The second-order valence-electron chi connectivity index (χ2n) is 7.19. The van der Waals surface area contributed by atoms with Gasteiger partial charge in [-0.3, -0.25) is 0 Å². The third-order valence-electron chi connectivity index (χ3n) is 5.10. The molecule has 1 saturated heterocycles. The fraction of sp³-hybridized carbons (Fsp3) is 0.524. The highest BCUT2D eigenvalue weighted by molar-refractivity contribution is 5.50. The summed E-state index contributed by atoms with van der Waals surface area (Å²) in [6, 6.07) is 8.09. The number of methoxy groups -OCH3 is 2. The van der Waals surface area contributed by atoms with E-state index in [1.807, 2.05) is 19.1 Å². The van der Waals surface area contributed by atoms with Crippen LogP contribution in [0.2, 0.25) is 0 Å². The molecule has 1 aliphatic heterocycles. The lowest BCUT2D eigenvalue weighted by atomic mass is 9.99. The Balaban J connectivity index is 1.61. The van der Waals surface area contributed by atoms with Crippen LogP contribution in [0.25, 0.3) is 0 Å². The van der Waals surface area contributed by atoms with Gasteiger partial charge in [0.25, 0.3) is 0 Å². The Morgan fingerprint density at radius 1 is 1.07 bits per heavy atom. The topological polar surface area (TPSA) is 59.5 Å². The molecule has 3 rings (SSSR count). The third-order valence-corrected chi connectivity index (χ3v) is 5.10. The monoisotopic (exact) mass is 370 g/mol. The maximum atomic E-state index is 5.38. The predicted octanol–water partition coefficient (Wildman–Crippen LogP) is 3.69. The number of rotatable bonds is 7. The zero-order valence-electron chi connectivity index (χ0n) is 16.8. The summed E-state index contributed by atoms with van der Waals surface area (Å²) in [6.45, 7) is 7.22. The molecule has 6 heteroatoms. The second kappa shape index (κ2) is 8.93. The van der Waals surface area contributed by atoms with Crippen LogP contribution >= 0.6 is 0 Å². The van der Waals surface area contributed by atoms with Crippen molar-refractivity contribution in [3.63, 3.8) is 0 Å². The lowest BCUT2D eigenvalue weighted by Crippen LogP contribution is -2.33. The standard InChI is InChI=1S/C21H30N4O2/c1-15-8-11-25(12-9-15)21-14-20(23-16(2)24-21)22-10-7-17-5-6-18(26-3)19(13-17)27-4/h5-6,13-15H,7-12H2,1-4H3,(H,22,23,24). The molecule has 0 aliphatic carbocycles. The number of hydrogen-bond donors (Lipinski definition) is 1. The van der Waals surface area contributed by atoms with Crippen LogP contribution in [-0.2, 0) is 6.42 Å². The van der Waals surface area contributed by atoms with Gasteiger partial charge < -0.3 is 19.7 Å². The number of ether oxygens (including phenoxy) is 2. The molecule has 146 valence electrons. The normalized spacial score (nSPS) is 14.9. The Bertz CT molecular complexity index is 758. The molecule has 1 aliphatic rings. The van der Waals surface area contributed by atoms with E-state index in [1.54, 1.807) is 14.2 Å². The highest BCUT2D eigenvalue weighted by atomic mass is 16.5. The first-order valence-corrected chi connectivity index (χ1v) is 9.64. The molecular weight excluding hydrogens is 340 g/mol. The van der Waals surface area contributed by atoms with Crippen molar-refractivity contribution in [1.29, 1.82) is 0 Å². The van der Waals surface area contributed by atoms with E-state index in [0.29, 0.717) is 0 Å². The summed E-state index contributed by atoms with van der Waals surface area (Å²) in [5.74, 6) is 5.04. The molecule has 1 fully saturated rings. The van der Waals surface area contributed by atoms with Gasteiger partial charge in [0.15, 0.2) is 11.5 Å². The van der Waals surface area contributed by atoms with Crippen molar-refractivity contribution in [3.05, 3.63) is 35.7 Å². The molecule has 6 nitrogen and oxygen atoms in total. The molecule has 0 atom stereocenters. The first-order chi connectivity index (χ1) is 13.1. The van der Waals surface area contributed by atoms with Crippen LogP contribution in [0.3, 0.4) is 0 Å². The van der Waals surface area contributed by atoms with Crippen molar-refractivity contribution in [1.82, 2.24) is 9.97 Å². The number of benzene rings is 1. The fourth-order valence-corrected chi connectivity index (χ4v) is 3.41. The summed E-state index contributed by atoms with van der Waals surface area (Å²) in [5, 5.41) is 3.44. The Kier molecular flexibility index (Phi) is 6.37. The van der Waals surface area contributed by atoms with Crippen molar-refractivity contribution in [2.45, 2.75) is 33.1 Å². The number of nitrogens with one attached hydrogen (secondary N) is 1. The molecule has 27 heavy (non-hydrogen) atoms. The van der Waals surface area contributed by atoms with Crippen LogP contribution < -0.4 is 19.7 Å². The van der Waals surface area contributed by atoms with E-state index in [2.05, 4.69) is 39.2 Å². The van der Waals surface area contributed by atoms with E-state index < -0.39 is 0 Å². The zero-order chi connectivity index (χ0) is 19.2. The van der Waals surface area contributed by atoms with E-state index in [1.165, 1.54) is 18.4 Å². The van der Waals surface area contributed by atoms with Crippen molar-refractivity contribution < 1.29 is 9.47 Å². The minimum Gasteiger partial charge on any atom is -0.493 e. The van der Waals surface area contributed by atoms with Crippen molar-refractivity contribution in [2.75, 3.05) is 44.1 Å². The molecule has 0 amide bonds. The summed E-state index contributed by atoms with van der Waals surface area (Å²) in [7, 11) is 3.31. The molecule has 1 aromatic heterocycles. The van der Waals surface area contributed by atoms with Crippen LogP contribution in [0.5, 0.6) is 11.5 Å². The zero-order valence-corrected chi connectivity index (χ0v) is 16.8. The van der Waals surface area contributed by atoms with E-state index in [4.69, 9.17) is 9.47 Å². The smallest absolute Gasteiger partial charge is 0.160 e. The molecule has 2 heterocycles. The number of nitrogens with zero attached hydrogens (tertiary/aromatic N) is 3. The van der Waals surface area contributed by atoms with Crippen molar-refractivity contribution in [3.8, 4) is 11.5 Å². The Morgan fingerprint density at radius 3 is 2.52 bits per heavy atom. The number of aryl methyl sites for hydroxylation is 1. The van der Waals surface area contributed by atoms with Crippen molar-refractivity contribution in [2.24, 2.45) is 5.92 Å². The maximum Gasteiger partial charge on any atom is 0.160 e. The molecule has 2 aromatic rings. The first kappa shape index (κ1) is 19.3. The minimum absolute atomic E-state index is 0.751. The van der Waals surface area contributed by atoms with Gasteiger partial charge in [-0.1, -0.05) is 13.0 Å². The number of anilines is 2. The molecule has 0 unspecified atom stereocenters. The maximum absolute atomic E-state index is 5.38. The quantitative estimate of drug-likeness (QED) is 0.802. The molecule has 1 aromatic carbocycles. The summed E-state index contributed by atoms with van der Waals surface area (Å²) < 4.78 is 10.7. The lowest BCUT2D eigenvalue weighted by molar-refractivity contribution is 0.354. The summed E-state index contributed by atoms with van der Waals surface area (Å²) in [4.78, 5) is 11.5. The Hall–Kier alpha value is -2.50. The lowest BCUT2D eigenvalue weighted by Gasteiger charge is -2.31. The van der Waals surface area contributed by atoms with Gasteiger partial charge in [-0.15, -0.1) is 0 Å². The Morgan fingerprint density at radius 2 is 1.81 bits per heavy atom. The summed E-state index contributed by atoms with van der Waals surface area (Å²) >= 11 is 0. The van der Waals surface area contributed by atoms with E-state index in [0.717, 1.165) is 60.9 Å². The van der Waals surface area contributed by atoms with Gasteiger partial charge in [0.2, 0.25) is 0 Å². The number of aromatic nitrogens is 2. The highest BCUT2D eigenvalue weighted by Crippen LogP contribution is 2.28. The van der Waals surface area contributed by atoms with Crippen LogP contribution in [0, 0.1) is 12.8 Å². The van der Waals surface area contributed by atoms with Gasteiger partial charge in [0.05, 0.1) is 14.2 Å². The van der Waals surface area contributed by atoms with Gasteiger partial charge in [-0.25, -0.2) is 9.97 Å². The molecule has 0 bridgehead atoms. The molecule has 1 N–H and O–H groups in total. The summed E-state index contributed by atoms with van der Waals surface area (Å²) in [6.07, 6.45) is 3.33. The number of piperidine rings is 1. The van der Waals surface area contributed by atoms with E-state index >= 15 is 0 Å². The minimum atomic E-state index is 0.751. The van der Waals surface area contributed by atoms with Crippen LogP contribution in [0.4, 0.5) is 11.6 Å².